The second kappa shape index (κ2) is 33.5. The minimum absolute atomic E-state index is 0.811. The number of hydrogen-bond donors (Lipinski definition) is 4. The van der Waals surface area contributed by atoms with Crippen molar-refractivity contribution in [3.8, 4) is 0 Å². The van der Waals surface area contributed by atoms with Crippen LogP contribution in [0.4, 0.5) is 0 Å². The van der Waals surface area contributed by atoms with Gasteiger partial charge in [-0.3, -0.25) is 9.59 Å². The maximum Gasteiger partial charge on any atom is 0.300 e. The van der Waals surface area contributed by atoms with E-state index in [2.05, 4.69) is 12.2 Å². The normalized spacial score (nSPS) is 9.94. The van der Waals surface area contributed by atoms with Crippen molar-refractivity contribution in [2.75, 3.05) is 19.6 Å². The number of unbranched alkanes of at least 4 members (excludes halogenated alkanes) is 15. The predicted molar refractivity (Wildman–Crippen MR) is 133 cm³/mol. The molecule has 0 saturated carbocycles. The first-order valence-electron chi connectivity index (χ1n) is 12.7. The first-order valence-corrected chi connectivity index (χ1v) is 12.7. The lowest BCUT2D eigenvalue weighted by Crippen LogP contribution is -2.19. The van der Waals surface area contributed by atoms with Crippen molar-refractivity contribution >= 4 is 11.9 Å². The standard InChI is InChI=1S/C21H46N2.2C2H4O2/c1-2-3-4-5-6-7-8-9-10-11-12-13-14-15-16-17-20-23-21-18-19-22;2*1-2(3)4/h23H,2-22H2,1H3;2*1H3,(H,3,4). The first kappa shape index (κ1) is 34.5. The smallest absolute Gasteiger partial charge is 0.300 e. The van der Waals surface area contributed by atoms with Crippen LogP contribution < -0.4 is 11.1 Å². The predicted octanol–water partition coefficient (Wildman–Crippen LogP) is 6.37. The van der Waals surface area contributed by atoms with Crippen molar-refractivity contribution in [2.24, 2.45) is 5.73 Å². The first-order chi connectivity index (χ1) is 14.9. The molecule has 6 nitrogen and oxygen atoms in total. The Hall–Kier alpha value is -1.14. The van der Waals surface area contributed by atoms with Crippen LogP contribution in [0.25, 0.3) is 0 Å². The summed E-state index contributed by atoms with van der Waals surface area (Å²) in [5, 5.41) is 18.3. The monoisotopic (exact) mass is 446 g/mol. The maximum absolute atomic E-state index is 9.00. The van der Waals surface area contributed by atoms with Gasteiger partial charge in [0.15, 0.2) is 0 Å². The van der Waals surface area contributed by atoms with Crippen LogP contribution in [0.15, 0.2) is 0 Å². The third-order valence-corrected chi connectivity index (χ3v) is 4.76. The van der Waals surface area contributed by atoms with Gasteiger partial charge in [-0.05, 0) is 32.5 Å². The van der Waals surface area contributed by atoms with Crippen LogP contribution in [0.3, 0.4) is 0 Å². The molecule has 0 rings (SSSR count). The summed E-state index contributed by atoms with van der Waals surface area (Å²) in [6, 6.07) is 0. The highest BCUT2D eigenvalue weighted by atomic mass is 16.4. The van der Waals surface area contributed by atoms with Crippen LogP contribution in [0.5, 0.6) is 0 Å². The van der Waals surface area contributed by atoms with E-state index in [0.29, 0.717) is 0 Å². The molecule has 0 saturated heterocycles. The second-order valence-corrected chi connectivity index (χ2v) is 8.23. The lowest BCUT2D eigenvalue weighted by atomic mass is 10.0. The molecule has 0 aromatic carbocycles. The third kappa shape index (κ3) is 58.5. The summed E-state index contributed by atoms with van der Waals surface area (Å²) >= 11 is 0. The van der Waals surface area contributed by atoms with E-state index in [1.54, 1.807) is 0 Å². The van der Waals surface area contributed by atoms with Crippen LogP contribution in [-0.4, -0.2) is 41.8 Å². The van der Waals surface area contributed by atoms with Crippen molar-refractivity contribution in [1.82, 2.24) is 5.32 Å². The van der Waals surface area contributed by atoms with Crippen LogP contribution >= 0.6 is 0 Å². The molecular formula is C25H54N2O4. The Labute approximate surface area is 192 Å². The van der Waals surface area contributed by atoms with Crippen molar-refractivity contribution in [3.05, 3.63) is 0 Å². The SMILES string of the molecule is CC(=O)O.CC(=O)O.CCCCCCCCCCCCCCCCCCNCCCN. The summed E-state index contributed by atoms with van der Waals surface area (Å²) < 4.78 is 0. The number of hydrogen-bond acceptors (Lipinski definition) is 4. The lowest BCUT2D eigenvalue weighted by molar-refractivity contribution is -0.135. The highest BCUT2D eigenvalue weighted by molar-refractivity contribution is 5.63. The maximum atomic E-state index is 9.00. The van der Waals surface area contributed by atoms with E-state index in [-0.39, 0.29) is 0 Å². The summed E-state index contributed by atoms with van der Waals surface area (Å²) in [5.41, 5.74) is 5.47. The Morgan fingerprint density at radius 1 is 0.581 bits per heavy atom. The van der Waals surface area contributed by atoms with Gasteiger partial charge in [0, 0.05) is 13.8 Å². The Kier molecular flexibility index (Phi) is 37.2. The molecule has 0 unspecified atom stereocenters. The molecule has 0 aromatic rings. The molecule has 31 heavy (non-hydrogen) atoms. The molecule has 0 heterocycles. The third-order valence-electron chi connectivity index (χ3n) is 4.76. The Bertz CT molecular complexity index is 312. The highest BCUT2D eigenvalue weighted by Gasteiger charge is 1.94. The highest BCUT2D eigenvalue weighted by Crippen LogP contribution is 2.13. The van der Waals surface area contributed by atoms with Gasteiger partial charge in [-0.25, -0.2) is 0 Å². The van der Waals surface area contributed by atoms with Crippen LogP contribution in [-0.2, 0) is 9.59 Å². The molecule has 0 aliphatic heterocycles. The number of carboxylic acid groups (broad SMARTS) is 2. The molecule has 6 heteroatoms. The van der Waals surface area contributed by atoms with E-state index in [1.165, 1.54) is 109 Å². The Balaban J connectivity index is -0.000000832. The molecule has 0 aliphatic carbocycles. The molecule has 0 aliphatic rings. The Morgan fingerprint density at radius 2 is 0.839 bits per heavy atom. The largest absolute Gasteiger partial charge is 0.481 e. The van der Waals surface area contributed by atoms with Gasteiger partial charge >= 0.3 is 0 Å². The average Bonchev–Trinajstić information content (AvgIpc) is 2.69. The fourth-order valence-electron chi connectivity index (χ4n) is 3.15. The van der Waals surface area contributed by atoms with E-state index < -0.39 is 11.9 Å². The number of aliphatic carboxylic acids is 2. The topological polar surface area (TPSA) is 113 Å². The fraction of sp³-hybridized carbons (Fsp3) is 0.920. The number of nitrogens with one attached hydrogen (secondary N) is 1. The van der Waals surface area contributed by atoms with Crippen molar-refractivity contribution < 1.29 is 19.8 Å². The zero-order valence-electron chi connectivity index (χ0n) is 20.9. The van der Waals surface area contributed by atoms with Gasteiger partial charge in [-0.2, -0.15) is 0 Å². The van der Waals surface area contributed by atoms with Crippen molar-refractivity contribution in [1.29, 1.82) is 0 Å². The van der Waals surface area contributed by atoms with Crippen LogP contribution in [0, 0.1) is 0 Å². The zero-order chi connectivity index (χ0) is 24.0. The summed E-state index contributed by atoms with van der Waals surface area (Å²) in [4.78, 5) is 18.0. The van der Waals surface area contributed by atoms with Crippen LogP contribution in [0.1, 0.15) is 130 Å². The van der Waals surface area contributed by atoms with Gasteiger partial charge in [-0.15, -0.1) is 0 Å². The molecule has 0 radical (unpaired) electrons. The number of carbonyl (C=O) groups is 2. The minimum atomic E-state index is -0.833. The summed E-state index contributed by atoms with van der Waals surface area (Å²) in [5.74, 6) is -1.67. The minimum Gasteiger partial charge on any atom is -0.481 e. The van der Waals surface area contributed by atoms with E-state index in [9.17, 15) is 0 Å². The molecule has 188 valence electrons. The molecule has 5 N–H and O–H groups in total. The molecule has 0 fully saturated rings. The van der Waals surface area contributed by atoms with Crippen molar-refractivity contribution in [3.63, 3.8) is 0 Å². The van der Waals surface area contributed by atoms with E-state index in [1.807, 2.05) is 0 Å². The Morgan fingerprint density at radius 3 is 1.13 bits per heavy atom. The molecule has 0 spiro atoms. The quantitative estimate of drug-likeness (QED) is 0.162. The zero-order valence-corrected chi connectivity index (χ0v) is 20.9. The molecule has 0 bridgehead atoms. The van der Waals surface area contributed by atoms with E-state index >= 15 is 0 Å². The lowest BCUT2D eigenvalue weighted by Gasteiger charge is -2.04. The van der Waals surface area contributed by atoms with Crippen molar-refractivity contribution in [2.45, 2.75) is 130 Å². The summed E-state index contributed by atoms with van der Waals surface area (Å²) in [6.45, 7) is 7.54. The number of nitrogens with two attached hydrogens (primary N) is 1. The van der Waals surface area contributed by atoms with Gasteiger partial charge in [0.2, 0.25) is 0 Å². The second-order valence-electron chi connectivity index (χ2n) is 8.23. The summed E-state index contributed by atoms with van der Waals surface area (Å²) in [7, 11) is 0. The van der Waals surface area contributed by atoms with Gasteiger partial charge in [0.05, 0.1) is 0 Å². The van der Waals surface area contributed by atoms with E-state index in [0.717, 1.165) is 33.4 Å². The van der Waals surface area contributed by atoms with Gasteiger partial charge < -0.3 is 21.3 Å². The molecule has 0 atom stereocenters. The number of carboxylic acids is 2. The number of rotatable bonds is 20. The van der Waals surface area contributed by atoms with Gasteiger partial charge in [0.25, 0.3) is 11.9 Å². The molecule has 0 aromatic heterocycles. The molecular weight excluding hydrogens is 392 g/mol. The molecule has 0 amide bonds. The summed E-state index contributed by atoms with van der Waals surface area (Å²) in [6.07, 6.45) is 24.2. The average molecular weight is 447 g/mol. The van der Waals surface area contributed by atoms with Gasteiger partial charge in [0.1, 0.15) is 0 Å². The van der Waals surface area contributed by atoms with Gasteiger partial charge in [-0.1, -0.05) is 103 Å². The van der Waals surface area contributed by atoms with E-state index in [4.69, 9.17) is 25.5 Å². The fourth-order valence-corrected chi connectivity index (χ4v) is 3.15. The van der Waals surface area contributed by atoms with Crippen LogP contribution in [0.2, 0.25) is 0 Å².